The Kier molecular flexibility index (Phi) is 8.22. The predicted molar refractivity (Wildman–Crippen MR) is 105 cm³/mol. The summed E-state index contributed by atoms with van der Waals surface area (Å²) in [4.78, 5) is 6.86. The van der Waals surface area contributed by atoms with Gasteiger partial charge in [0.25, 0.3) is 0 Å². The minimum Gasteiger partial charge on any atom is -0.383 e. The van der Waals surface area contributed by atoms with Crippen molar-refractivity contribution in [2.24, 2.45) is 4.99 Å². The van der Waals surface area contributed by atoms with Crippen molar-refractivity contribution in [1.29, 1.82) is 0 Å². The third kappa shape index (κ3) is 6.67. The predicted octanol–water partition coefficient (Wildman–Crippen LogP) is 2.37. The summed E-state index contributed by atoms with van der Waals surface area (Å²) in [5.74, 6) is 1.37. The number of rotatable bonds is 7. The number of aliphatic imine (C=N–C) groups is 1. The molecule has 1 aromatic carbocycles. The zero-order valence-electron chi connectivity index (χ0n) is 16.2. The fourth-order valence-corrected chi connectivity index (χ4v) is 3.17. The summed E-state index contributed by atoms with van der Waals surface area (Å²) in [6.45, 7) is 9.35. The Morgan fingerprint density at radius 2 is 1.96 bits per heavy atom. The number of nitrogens with one attached hydrogen (secondary N) is 2. The fraction of sp³-hybridized carbons (Fsp3) is 0.650. The van der Waals surface area contributed by atoms with Gasteiger partial charge in [-0.15, -0.1) is 0 Å². The number of guanidine groups is 1. The van der Waals surface area contributed by atoms with E-state index >= 15 is 0 Å². The minimum atomic E-state index is 0.454. The van der Waals surface area contributed by atoms with Gasteiger partial charge in [-0.3, -0.25) is 4.99 Å². The highest BCUT2D eigenvalue weighted by molar-refractivity contribution is 5.80. The molecule has 0 aliphatic carbocycles. The number of nitrogens with zero attached hydrogens (tertiary/aromatic N) is 2. The normalized spacial score (nSPS) is 18.2. The topological polar surface area (TPSA) is 48.9 Å². The lowest BCUT2D eigenvalue weighted by molar-refractivity contribution is 0.128. The molecule has 2 rings (SSSR count). The molecule has 1 saturated heterocycles. The van der Waals surface area contributed by atoms with Crippen LogP contribution in [0.3, 0.4) is 0 Å². The molecule has 5 heteroatoms. The van der Waals surface area contributed by atoms with Gasteiger partial charge in [0.2, 0.25) is 0 Å². The Morgan fingerprint density at radius 1 is 1.28 bits per heavy atom. The number of benzene rings is 1. The van der Waals surface area contributed by atoms with Crippen LogP contribution in [0.25, 0.3) is 0 Å². The van der Waals surface area contributed by atoms with Gasteiger partial charge in [0.1, 0.15) is 0 Å². The monoisotopic (exact) mass is 346 g/mol. The van der Waals surface area contributed by atoms with Crippen LogP contribution in [0, 0.1) is 6.92 Å². The van der Waals surface area contributed by atoms with E-state index in [1.807, 2.05) is 7.05 Å². The van der Waals surface area contributed by atoms with Gasteiger partial charge >= 0.3 is 0 Å². The first-order valence-corrected chi connectivity index (χ1v) is 9.37. The zero-order chi connectivity index (χ0) is 18.1. The maximum absolute atomic E-state index is 5.16. The number of aryl methyl sites for hydroxylation is 1. The molecule has 140 valence electrons. The third-order valence-corrected chi connectivity index (χ3v) is 4.99. The van der Waals surface area contributed by atoms with E-state index < -0.39 is 0 Å². The SMILES string of the molecule is CN=C(NCC(C)c1ccc(C)cc1)NC1CCN(CCOC)CC1. The fourth-order valence-electron chi connectivity index (χ4n) is 3.17. The number of piperidine rings is 1. The van der Waals surface area contributed by atoms with Crippen LogP contribution in [0.4, 0.5) is 0 Å². The van der Waals surface area contributed by atoms with E-state index in [4.69, 9.17) is 4.74 Å². The van der Waals surface area contributed by atoms with Crippen molar-refractivity contribution in [1.82, 2.24) is 15.5 Å². The van der Waals surface area contributed by atoms with Gasteiger partial charge in [0, 0.05) is 46.4 Å². The Balaban J connectivity index is 1.73. The van der Waals surface area contributed by atoms with Gasteiger partial charge < -0.3 is 20.3 Å². The van der Waals surface area contributed by atoms with Crippen LogP contribution < -0.4 is 10.6 Å². The number of hydrogen-bond donors (Lipinski definition) is 2. The van der Waals surface area contributed by atoms with Crippen molar-refractivity contribution < 1.29 is 4.74 Å². The van der Waals surface area contributed by atoms with Crippen molar-refractivity contribution >= 4 is 5.96 Å². The van der Waals surface area contributed by atoms with Gasteiger partial charge in [0.15, 0.2) is 5.96 Å². The van der Waals surface area contributed by atoms with Crippen LogP contribution in [0.1, 0.15) is 36.8 Å². The van der Waals surface area contributed by atoms with Crippen LogP contribution in [-0.2, 0) is 4.74 Å². The highest BCUT2D eigenvalue weighted by Crippen LogP contribution is 2.15. The maximum Gasteiger partial charge on any atom is 0.191 e. The van der Waals surface area contributed by atoms with Gasteiger partial charge in [0.05, 0.1) is 6.61 Å². The second-order valence-corrected chi connectivity index (χ2v) is 7.02. The summed E-state index contributed by atoms with van der Waals surface area (Å²) >= 11 is 0. The van der Waals surface area contributed by atoms with E-state index in [1.165, 1.54) is 11.1 Å². The summed E-state index contributed by atoms with van der Waals surface area (Å²) in [7, 11) is 3.61. The van der Waals surface area contributed by atoms with Crippen molar-refractivity contribution in [2.75, 3.05) is 46.9 Å². The highest BCUT2D eigenvalue weighted by Gasteiger charge is 2.19. The molecule has 0 radical (unpaired) electrons. The van der Waals surface area contributed by atoms with Crippen molar-refractivity contribution in [3.8, 4) is 0 Å². The molecule has 0 spiro atoms. The van der Waals surface area contributed by atoms with Crippen molar-refractivity contribution in [3.05, 3.63) is 35.4 Å². The molecule has 0 bridgehead atoms. The Bertz CT molecular complexity index is 521. The van der Waals surface area contributed by atoms with E-state index in [1.54, 1.807) is 7.11 Å². The van der Waals surface area contributed by atoms with Crippen LogP contribution >= 0.6 is 0 Å². The van der Waals surface area contributed by atoms with E-state index in [0.29, 0.717) is 12.0 Å². The molecule has 25 heavy (non-hydrogen) atoms. The Hall–Kier alpha value is -1.59. The molecule has 0 amide bonds. The largest absolute Gasteiger partial charge is 0.383 e. The maximum atomic E-state index is 5.16. The second kappa shape index (κ2) is 10.4. The summed E-state index contributed by atoms with van der Waals surface area (Å²) in [5.41, 5.74) is 2.67. The van der Waals surface area contributed by atoms with Gasteiger partial charge in [-0.2, -0.15) is 0 Å². The highest BCUT2D eigenvalue weighted by atomic mass is 16.5. The Morgan fingerprint density at radius 3 is 2.56 bits per heavy atom. The number of likely N-dealkylation sites (tertiary alicyclic amines) is 1. The molecule has 2 N–H and O–H groups in total. The van der Waals surface area contributed by atoms with E-state index in [2.05, 4.69) is 58.6 Å². The van der Waals surface area contributed by atoms with Crippen LogP contribution in [0.15, 0.2) is 29.3 Å². The Labute approximate surface area is 152 Å². The summed E-state index contributed by atoms with van der Waals surface area (Å²) in [5, 5.41) is 7.06. The number of methoxy groups -OCH3 is 1. The molecular formula is C20H34N4O. The lowest BCUT2D eigenvalue weighted by atomic mass is 10.00. The number of hydrogen-bond acceptors (Lipinski definition) is 3. The van der Waals surface area contributed by atoms with Crippen LogP contribution in [0.5, 0.6) is 0 Å². The van der Waals surface area contributed by atoms with E-state index in [0.717, 1.165) is 51.6 Å². The molecule has 0 saturated carbocycles. The molecule has 0 aromatic heterocycles. The second-order valence-electron chi connectivity index (χ2n) is 7.02. The summed E-state index contributed by atoms with van der Waals surface area (Å²) in [6, 6.07) is 9.29. The third-order valence-electron chi connectivity index (χ3n) is 4.99. The first-order chi connectivity index (χ1) is 12.1. The molecule has 1 heterocycles. The molecule has 5 nitrogen and oxygen atoms in total. The minimum absolute atomic E-state index is 0.454. The molecule has 1 aromatic rings. The molecule has 1 unspecified atom stereocenters. The van der Waals surface area contributed by atoms with E-state index in [9.17, 15) is 0 Å². The quantitative estimate of drug-likeness (QED) is 0.588. The lowest BCUT2D eigenvalue weighted by Gasteiger charge is -2.33. The van der Waals surface area contributed by atoms with Gasteiger partial charge in [-0.25, -0.2) is 0 Å². The summed E-state index contributed by atoms with van der Waals surface area (Å²) in [6.07, 6.45) is 2.30. The van der Waals surface area contributed by atoms with Crippen LogP contribution in [0.2, 0.25) is 0 Å². The molecule has 1 aliphatic heterocycles. The first-order valence-electron chi connectivity index (χ1n) is 9.37. The molecular weight excluding hydrogens is 312 g/mol. The first kappa shape index (κ1) is 19.7. The van der Waals surface area contributed by atoms with Gasteiger partial charge in [-0.1, -0.05) is 36.8 Å². The average molecular weight is 347 g/mol. The zero-order valence-corrected chi connectivity index (χ0v) is 16.2. The molecule has 1 atom stereocenters. The molecule has 1 fully saturated rings. The lowest BCUT2D eigenvalue weighted by Crippen LogP contribution is -2.49. The standard InChI is InChI=1S/C20H34N4O/c1-16-5-7-18(8-6-16)17(2)15-22-20(21-3)23-19-9-11-24(12-10-19)13-14-25-4/h5-8,17,19H,9-15H2,1-4H3,(H2,21,22,23). The van der Waals surface area contributed by atoms with Crippen molar-refractivity contribution in [2.45, 2.75) is 38.6 Å². The molecule has 1 aliphatic rings. The van der Waals surface area contributed by atoms with Crippen LogP contribution in [-0.4, -0.2) is 63.8 Å². The van der Waals surface area contributed by atoms with Gasteiger partial charge in [-0.05, 0) is 31.2 Å². The smallest absolute Gasteiger partial charge is 0.191 e. The van der Waals surface area contributed by atoms with E-state index in [-0.39, 0.29) is 0 Å². The number of ether oxygens (including phenoxy) is 1. The van der Waals surface area contributed by atoms with Crippen molar-refractivity contribution in [3.63, 3.8) is 0 Å². The average Bonchev–Trinajstić information content (AvgIpc) is 2.64. The summed E-state index contributed by atoms with van der Waals surface area (Å²) < 4.78 is 5.16.